The van der Waals surface area contributed by atoms with Crippen molar-refractivity contribution in [2.75, 3.05) is 32.8 Å². The van der Waals surface area contributed by atoms with E-state index in [4.69, 9.17) is 4.74 Å². The highest BCUT2D eigenvalue weighted by molar-refractivity contribution is 5.84. The lowest BCUT2D eigenvalue weighted by Gasteiger charge is -2.30. The summed E-state index contributed by atoms with van der Waals surface area (Å²) in [7, 11) is 0. The second-order valence-electron chi connectivity index (χ2n) is 5.89. The molecule has 2 aromatic rings. The molecule has 0 bridgehead atoms. The number of rotatable bonds is 6. The maximum absolute atomic E-state index is 13.0. The van der Waals surface area contributed by atoms with Crippen LogP contribution in [-0.2, 0) is 16.1 Å². The minimum absolute atomic E-state index is 0.173. The van der Waals surface area contributed by atoms with E-state index < -0.39 is 0 Å². The summed E-state index contributed by atoms with van der Waals surface area (Å²) in [5.74, 6) is -0.00198. The lowest BCUT2D eigenvalue weighted by Crippen LogP contribution is -2.45. The molecule has 0 radical (unpaired) electrons. The zero-order valence-electron chi connectivity index (χ0n) is 13.7. The van der Waals surface area contributed by atoms with Gasteiger partial charge >= 0.3 is 0 Å². The third-order valence-corrected chi connectivity index (χ3v) is 4.25. The molecule has 2 heterocycles. The van der Waals surface area contributed by atoms with Crippen molar-refractivity contribution in [3.05, 3.63) is 66.0 Å². The third kappa shape index (κ3) is 4.40. The minimum Gasteiger partial charge on any atom is -0.378 e. The number of hydrogen-bond donors (Lipinski definition) is 1. The van der Waals surface area contributed by atoms with Gasteiger partial charge in [0, 0.05) is 38.6 Å². The van der Waals surface area contributed by atoms with Crippen LogP contribution in [0.15, 0.2) is 54.9 Å². The van der Waals surface area contributed by atoms with Crippen molar-refractivity contribution in [3.63, 3.8) is 0 Å². The molecule has 0 aliphatic carbocycles. The van der Waals surface area contributed by atoms with E-state index in [9.17, 15) is 4.79 Å². The van der Waals surface area contributed by atoms with Crippen LogP contribution in [0.4, 0.5) is 0 Å². The molecule has 0 spiro atoms. The average Bonchev–Trinajstić information content (AvgIpc) is 2.67. The van der Waals surface area contributed by atoms with E-state index >= 15 is 0 Å². The molecule has 126 valence electrons. The fourth-order valence-corrected chi connectivity index (χ4v) is 2.90. The zero-order valence-corrected chi connectivity index (χ0v) is 13.7. The Hall–Kier alpha value is -2.24. The molecule has 1 atom stereocenters. The summed E-state index contributed by atoms with van der Waals surface area (Å²) in [5.41, 5.74) is 2.21. The Kier molecular flexibility index (Phi) is 5.93. The van der Waals surface area contributed by atoms with Gasteiger partial charge in [-0.05, 0) is 23.3 Å². The summed E-state index contributed by atoms with van der Waals surface area (Å²) < 4.78 is 5.36. The number of carbonyl (C=O) groups excluding carboxylic acids is 1. The Labute approximate surface area is 142 Å². The molecular weight excluding hydrogens is 302 g/mol. The first kappa shape index (κ1) is 16.6. The van der Waals surface area contributed by atoms with E-state index in [0.717, 1.165) is 17.7 Å². The number of morpholine rings is 1. The summed E-state index contributed by atoms with van der Waals surface area (Å²) in [4.78, 5) is 18.9. The van der Waals surface area contributed by atoms with Gasteiger partial charge in [0.05, 0.1) is 19.1 Å². The van der Waals surface area contributed by atoms with E-state index in [-0.39, 0.29) is 11.8 Å². The van der Waals surface area contributed by atoms with Crippen molar-refractivity contribution >= 4 is 5.91 Å². The van der Waals surface area contributed by atoms with Crippen LogP contribution in [0.1, 0.15) is 17.0 Å². The quantitative estimate of drug-likeness (QED) is 0.880. The van der Waals surface area contributed by atoms with Crippen molar-refractivity contribution in [2.45, 2.75) is 12.5 Å². The molecule has 1 amide bonds. The van der Waals surface area contributed by atoms with Gasteiger partial charge in [0.2, 0.25) is 5.91 Å². The highest BCUT2D eigenvalue weighted by atomic mass is 16.5. The molecule has 1 aliphatic rings. The van der Waals surface area contributed by atoms with E-state index in [1.54, 1.807) is 12.4 Å². The van der Waals surface area contributed by atoms with Crippen LogP contribution in [-0.4, -0.2) is 48.6 Å². The smallest absolute Gasteiger partial charge is 0.231 e. The molecule has 1 N–H and O–H groups in total. The van der Waals surface area contributed by atoms with E-state index in [0.29, 0.717) is 32.8 Å². The Balaban J connectivity index is 1.66. The molecule has 24 heavy (non-hydrogen) atoms. The van der Waals surface area contributed by atoms with Crippen LogP contribution in [0.2, 0.25) is 0 Å². The largest absolute Gasteiger partial charge is 0.378 e. The van der Waals surface area contributed by atoms with E-state index in [2.05, 4.69) is 10.3 Å². The van der Waals surface area contributed by atoms with Crippen LogP contribution < -0.4 is 5.32 Å². The van der Waals surface area contributed by atoms with Gasteiger partial charge in [-0.25, -0.2) is 0 Å². The number of aromatic nitrogens is 1. The van der Waals surface area contributed by atoms with Crippen LogP contribution >= 0.6 is 0 Å². The fourth-order valence-electron chi connectivity index (χ4n) is 2.90. The van der Waals surface area contributed by atoms with Gasteiger partial charge in [0.1, 0.15) is 0 Å². The lowest BCUT2D eigenvalue weighted by molar-refractivity contribution is -0.136. The van der Waals surface area contributed by atoms with Crippen LogP contribution in [0.5, 0.6) is 0 Å². The molecule has 3 rings (SSSR count). The maximum atomic E-state index is 13.0. The molecule has 0 saturated carbocycles. The van der Waals surface area contributed by atoms with Crippen LogP contribution in [0.3, 0.4) is 0 Å². The molecule has 1 fully saturated rings. The van der Waals surface area contributed by atoms with Gasteiger partial charge in [-0.1, -0.05) is 30.3 Å². The number of nitrogens with one attached hydrogen (secondary N) is 1. The topological polar surface area (TPSA) is 54.5 Å². The van der Waals surface area contributed by atoms with Gasteiger partial charge in [0.25, 0.3) is 0 Å². The van der Waals surface area contributed by atoms with Gasteiger partial charge in [-0.3, -0.25) is 9.78 Å². The monoisotopic (exact) mass is 325 g/mol. The standard InChI is InChI=1S/C19H23N3O2/c23-19(22-10-12-24-13-11-22)18(17-4-2-1-3-5-17)15-21-14-16-6-8-20-9-7-16/h1-9,18,21H,10-15H2/t18-/m1/s1. The lowest BCUT2D eigenvalue weighted by atomic mass is 9.97. The highest BCUT2D eigenvalue weighted by Gasteiger charge is 2.26. The fraction of sp³-hybridized carbons (Fsp3) is 0.368. The number of benzene rings is 1. The Bertz CT molecular complexity index is 628. The molecule has 5 heteroatoms. The number of carbonyl (C=O) groups is 1. The average molecular weight is 325 g/mol. The Morgan fingerprint density at radius 3 is 2.54 bits per heavy atom. The van der Waals surface area contributed by atoms with Crippen molar-refractivity contribution in [2.24, 2.45) is 0 Å². The predicted octanol–water partition coefficient (Wildman–Crippen LogP) is 1.81. The first-order chi connectivity index (χ1) is 11.8. The summed E-state index contributed by atoms with van der Waals surface area (Å²) in [6.45, 7) is 3.93. The van der Waals surface area contributed by atoms with Crippen molar-refractivity contribution in [3.8, 4) is 0 Å². The maximum Gasteiger partial charge on any atom is 0.231 e. The summed E-state index contributed by atoms with van der Waals surface area (Å²) >= 11 is 0. The molecular formula is C19H23N3O2. The minimum atomic E-state index is -0.175. The van der Waals surface area contributed by atoms with Crippen LogP contribution in [0, 0.1) is 0 Å². The van der Waals surface area contributed by atoms with Gasteiger partial charge in [-0.2, -0.15) is 0 Å². The summed E-state index contributed by atoms with van der Waals surface area (Å²) in [6, 6.07) is 14.0. The molecule has 0 unspecified atom stereocenters. The highest BCUT2D eigenvalue weighted by Crippen LogP contribution is 2.19. The Morgan fingerprint density at radius 1 is 1.12 bits per heavy atom. The second kappa shape index (κ2) is 8.57. The van der Waals surface area contributed by atoms with E-state index in [1.807, 2.05) is 47.4 Å². The predicted molar refractivity (Wildman–Crippen MR) is 92.5 cm³/mol. The summed E-state index contributed by atoms with van der Waals surface area (Å²) in [6.07, 6.45) is 3.56. The molecule has 1 aromatic carbocycles. The number of pyridine rings is 1. The van der Waals surface area contributed by atoms with Crippen LogP contribution in [0.25, 0.3) is 0 Å². The first-order valence-corrected chi connectivity index (χ1v) is 8.35. The first-order valence-electron chi connectivity index (χ1n) is 8.35. The third-order valence-electron chi connectivity index (χ3n) is 4.25. The molecule has 1 saturated heterocycles. The van der Waals surface area contributed by atoms with Gasteiger partial charge in [0.15, 0.2) is 0 Å². The van der Waals surface area contributed by atoms with Crippen molar-refractivity contribution in [1.82, 2.24) is 15.2 Å². The summed E-state index contributed by atoms with van der Waals surface area (Å²) in [5, 5.41) is 3.41. The molecule has 5 nitrogen and oxygen atoms in total. The Morgan fingerprint density at radius 2 is 1.83 bits per heavy atom. The van der Waals surface area contributed by atoms with Crippen molar-refractivity contribution in [1.29, 1.82) is 0 Å². The number of amides is 1. The molecule has 1 aliphatic heterocycles. The number of nitrogens with zero attached hydrogens (tertiary/aromatic N) is 2. The number of ether oxygens (including phenoxy) is 1. The normalized spacial score (nSPS) is 15.9. The van der Waals surface area contributed by atoms with E-state index in [1.165, 1.54) is 0 Å². The van der Waals surface area contributed by atoms with Gasteiger partial charge < -0.3 is 15.0 Å². The second-order valence-corrected chi connectivity index (χ2v) is 5.89. The zero-order chi connectivity index (χ0) is 16.6. The van der Waals surface area contributed by atoms with Gasteiger partial charge in [-0.15, -0.1) is 0 Å². The molecule has 1 aromatic heterocycles. The number of hydrogen-bond acceptors (Lipinski definition) is 4. The van der Waals surface area contributed by atoms with Crippen molar-refractivity contribution < 1.29 is 9.53 Å². The SMILES string of the molecule is O=C([C@H](CNCc1ccncc1)c1ccccc1)N1CCOCC1.